The molecule has 2 heterocycles. The van der Waals surface area contributed by atoms with Gasteiger partial charge in [0, 0.05) is 17.1 Å². The summed E-state index contributed by atoms with van der Waals surface area (Å²) < 4.78 is 0. The van der Waals surface area contributed by atoms with Crippen molar-refractivity contribution in [2.24, 2.45) is 0 Å². The zero-order valence-corrected chi connectivity index (χ0v) is 24.8. The van der Waals surface area contributed by atoms with E-state index in [1.165, 1.54) is 72.1 Å². The first-order valence-electron chi connectivity index (χ1n) is 15.8. The predicted octanol–water partition coefficient (Wildman–Crippen LogP) is 6.15. The Hall–Kier alpha value is -5.53. The van der Waals surface area contributed by atoms with E-state index >= 15 is 0 Å². The molecule has 0 saturated heterocycles. The van der Waals surface area contributed by atoms with Gasteiger partial charge in [-0.05, 0) is 56.2 Å². The van der Waals surface area contributed by atoms with Gasteiger partial charge in [-0.25, -0.2) is 0 Å². The molecule has 0 unspecified atom stereocenters. The van der Waals surface area contributed by atoms with Gasteiger partial charge < -0.3 is 4.90 Å². The first-order valence-corrected chi connectivity index (χ1v) is 15.8. The van der Waals surface area contributed by atoms with Crippen LogP contribution in [0, 0.1) is 0 Å². The lowest BCUT2D eigenvalue weighted by atomic mass is 9.30. The number of para-hydroxylation sites is 1. The van der Waals surface area contributed by atoms with Crippen molar-refractivity contribution >= 4 is 63.3 Å². The van der Waals surface area contributed by atoms with Crippen LogP contribution >= 0.6 is 0 Å². The second-order valence-electron chi connectivity index (χ2n) is 12.1. The van der Waals surface area contributed by atoms with Gasteiger partial charge in [0.15, 0.2) is 0 Å². The van der Waals surface area contributed by atoms with E-state index in [0.29, 0.717) is 0 Å². The largest absolute Gasteiger partial charge is 0.313 e. The van der Waals surface area contributed by atoms with Crippen LogP contribution in [-0.4, -0.2) is 13.4 Å². The summed E-state index contributed by atoms with van der Waals surface area (Å²) in [5.74, 6) is 0. The Morgan fingerprint density at radius 2 is 0.778 bits per heavy atom. The lowest BCUT2D eigenvalue weighted by Crippen LogP contribution is -2.65. The molecule has 0 amide bonds. The maximum absolute atomic E-state index is 2.56. The summed E-state index contributed by atoms with van der Waals surface area (Å²) in [6.07, 6.45) is 0. The Labute approximate surface area is 265 Å². The summed E-state index contributed by atoms with van der Waals surface area (Å²) >= 11 is 0. The first kappa shape index (κ1) is 25.9. The molecule has 0 saturated carbocycles. The molecule has 45 heavy (non-hydrogen) atoms. The fourth-order valence-electron chi connectivity index (χ4n) is 7.62. The Morgan fingerprint density at radius 1 is 0.311 bits per heavy atom. The van der Waals surface area contributed by atoms with Crippen LogP contribution in [0.1, 0.15) is 0 Å². The van der Waals surface area contributed by atoms with Crippen LogP contribution in [0.3, 0.4) is 0 Å². The van der Waals surface area contributed by atoms with E-state index in [4.69, 9.17) is 0 Å². The summed E-state index contributed by atoms with van der Waals surface area (Å²) in [6, 6.07) is 64.8. The summed E-state index contributed by atoms with van der Waals surface area (Å²) in [4.78, 5) is 2.56. The van der Waals surface area contributed by atoms with Crippen molar-refractivity contribution in [1.82, 2.24) is 0 Å². The van der Waals surface area contributed by atoms with Crippen molar-refractivity contribution in [1.29, 1.82) is 0 Å². The molecule has 0 N–H and O–H groups in total. The predicted molar refractivity (Wildman–Crippen MR) is 194 cm³/mol. The first-order chi connectivity index (χ1) is 22.3. The van der Waals surface area contributed by atoms with Crippen molar-refractivity contribution in [3.63, 3.8) is 0 Å². The van der Waals surface area contributed by atoms with Gasteiger partial charge in [-0.3, -0.25) is 0 Å². The van der Waals surface area contributed by atoms with Gasteiger partial charge in [-0.1, -0.05) is 175 Å². The Kier molecular flexibility index (Phi) is 6.09. The monoisotopic (exact) mass is 569 g/mol. The molecule has 0 aliphatic carbocycles. The Bertz CT molecular complexity index is 2150. The van der Waals surface area contributed by atoms with Crippen molar-refractivity contribution in [2.75, 3.05) is 4.90 Å². The normalized spacial score (nSPS) is 12.8. The van der Waals surface area contributed by atoms with E-state index in [2.05, 4.69) is 181 Å². The molecule has 0 spiro atoms. The highest BCUT2D eigenvalue weighted by molar-refractivity contribution is 7.02. The molecule has 0 aromatic heterocycles. The second kappa shape index (κ2) is 10.6. The number of hydrogen-bond donors (Lipinski definition) is 0. The molecule has 7 aromatic carbocycles. The Balaban J connectivity index is 1.40. The minimum Gasteiger partial charge on any atom is -0.313 e. The molecule has 0 radical (unpaired) electrons. The number of anilines is 3. The molecule has 0 fully saturated rings. The smallest absolute Gasteiger partial charge is 0.246 e. The van der Waals surface area contributed by atoms with Gasteiger partial charge in [0.25, 0.3) is 0 Å². The zero-order valence-electron chi connectivity index (χ0n) is 24.8. The third-order valence-electron chi connectivity index (χ3n) is 9.57. The van der Waals surface area contributed by atoms with Gasteiger partial charge >= 0.3 is 0 Å². The number of nitrogens with zero attached hydrogens (tertiary/aromatic N) is 1. The quantitative estimate of drug-likeness (QED) is 0.230. The molecule has 2 aliphatic rings. The molecule has 0 bridgehead atoms. The molecule has 9 rings (SSSR count). The van der Waals surface area contributed by atoms with Crippen molar-refractivity contribution in [3.05, 3.63) is 176 Å². The highest BCUT2D eigenvalue weighted by atomic mass is 15.2. The topological polar surface area (TPSA) is 3.24 Å². The van der Waals surface area contributed by atoms with Crippen LogP contribution in [0.2, 0.25) is 0 Å². The van der Waals surface area contributed by atoms with Gasteiger partial charge in [-0.2, -0.15) is 0 Å². The molecule has 208 valence electrons. The molecule has 3 heteroatoms. The molecule has 0 atom stereocenters. The van der Waals surface area contributed by atoms with Gasteiger partial charge in [0.05, 0.1) is 0 Å². The minimum atomic E-state index is 0.0985. The van der Waals surface area contributed by atoms with E-state index in [1.807, 2.05) is 0 Å². The summed E-state index contributed by atoms with van der Waals surface area (Å²) in [7, 11) is 0. The van der Waals surface area contributed by atoms with E-state index in [9.17, 15) is 0 Å². The average molecular weight is 569 g/mol. The van der Waals surface area contributed by atoms with Crippen LogP contribution in [0.4, 0.5) is 17.1 Å². The highest BCUT2D eigenvalue weighted by Gasteiger charge is 2.43. The fraction of sp³-hybridized carbons (Fsp3) is 0. The van der Waals surface area contributed by atoms with Crippen LogP contribution in [0.15, 0.2) is 176 Å². The van der Waals surface area contributed by atoms with Gasteiger partial charge in [0.1, 0.15) is 0 Å². The van der Waals surface area contributed by atoms with Crippen LogP contribution in [0.25, 0.3) is 22.3 Å². The summed E-state index contributed by atoms with van der Waals surface area (Å²) in [6.45, 7) is 0.215. The van der Waals surface area contributed by atoms with Crippen molar-refractivity contribution < 1.29 is 0 Å². The fourth-order valence-corrected chi connectivity index (χ4v) is 7.62. The van der Waals surface area contributed by atoms with E-state index < -0.39 is 0 Å². The minimum absolute atomic E-state index is 0.0985. The van der Waals surface area contributed by atoms with Crippen LogP contribution in [-0.2, 0) is 0 Å². The van der Waals surface area contributed by atoms with E-state index in [0.717, 1.165) is 0 Å². The standard InChI is InChI=1S/C42H29B2N/c1-5-15-30(16-6-1)32-25-26-37-41(29-32)45-40-24-14-13-23-36(40)43(34-19-9-3-10-20-34)38-27-33(31-17-7-2-8-18-31)28-39(42(38)45)44(37)35-21-11-4-12-22-35/h1-29H. The SMILES string of the molecule is c1ccc(B2c3ccccc3N3c4cc(-c5ccccc5)ccc4B(c4ccccc4)c4cc(-c5ccccc5)cc2c43)cc1. The van der Waals surface area contributed by atoms with Gasteiger partial charge in [0.2, 0.25) is 13.4 Å². The average Bonchev–Trinajstić information content (AvgIpc) is 3.12. The molecule has 7 aromatic rings. The second-order valence-corrected chi connectivity index (χ2v) is 12.1. The van der Waals surface area contributed by atoms with Gasteiger partial charge in [-0.15, -0.1) is 0 Å². The molecular weight excluding hydrogens is 540 g/mol. The van der Waals surface area contributed by atoms with E-state index in [1.54, 1.807) is 0 Å². The maximum atomic E-state index is 2.56. The Morgan fingerprint density at radius 3 is 1.36 bits per heavy atom. The molecule has 2 aliphatic heterocycles. The van der Waals surface area contributed by atoms with Crippen molar-refractivity contribution in [2.45, 2.75) is 0 Å². The van der Waals surface area contributed by atoms with Crippen molar-refractivity contribution in [3.8, 4) is 22.3 Å². The summed E-state index contributed by atoms with van der Waals surface area (Å²) in [5, 5.41) is 0. The molecule has 1 nitrogen and oxygen atoms in total. The van der Waals surface area contributed by atoms with E-state index in [-0.39, 0.29) is 13.4 Å². The van der Waals surface area contributed by atoms with Crippen LogP contribution < -0.4 is 37.7 Å². The lowest BCUT2D eigenvalue weighted by molar-refractivity contribution is 1.30. The number of hydrogen-bond acceptors (Lipinski definition) is 1. The maximum Gasteiger partial charge on any atom is 0.246 e. The highest BCUT2D eigenvalue weighted by Crippen LogP contribution is 2.40. The third kappa shape index (κ3) is 4.19. The number of fused-ring (bicyclic) bond motifs is 4. The lowest BCUT2D eigenvalue weighted by Gasteiger charge is -2.44. The number of benzene rings is 7. The third-order valence-corrected chi connectivity index (χ3v) is 9.57. The molecular formula is C42H29B2N. The van der Waals surface area contributed by atoms with Crippen LogP contribution in [0.5, 0.6) is 0 Å². The zero-order chi connectivity index (χ0) is 29.7. The number of rotatable bonds is 4. The summed E-state index contributed by atoms with van der Waals surface area (Å²) in [5.41, 5.74) is 16.8.